The first-order valence-corrected chi connectivity index (χ1v) is 9.70. The number of aliphatic hydroxyl groups is 1. The van der Waals surface area contributed by atoms with Gasteiger partial charge in [0.1, 0.15) is 5.75 Å². The highest BCUT2D eigenvalue weighted by Crippen LogP contribution is 2.20. The van der Waals surface area contributed by atoms with E-state index < -0.39 is 0 Å². The number of β-amino-alcohol motifs (C(OH)–C–C–N with tert-alkyl or cyclic N) is 1. The Morgan fingerprint density at radius 1 is 1.23 bits per heavy atom. The van der Waals surface area contributed by atoms with Crippen molar-refractivity contribution in [2.24, 2.45) is 0 Å². The predicted molar refractivity (Wildman–Crippen MR) is 101 cm³/mol. The zero-order valence-electron chi connectivity index (χ0n) is 15.7. The molecule has 3 rings (SSSR count). The molecule has 0 saturated carbocycles. The van der Waals surface area contributed by atoms with E-state index in [4.69, 9.17) is 4.74 Å². The number of benzene rings is 1. The number of hydrogen-bond donors (Lipinski definition) is 2. The number of carbonyl (C=O) groups excluding carboxylic acids is 1. The molecule has 0 aliphatic carbocycles. The highest BCUT2D eigenvalue weighted by molar-refractivity contribution is 5.78. The quantitative estimate of drug-likeness (QED) is 0.755. The molecule has 0 spiro atoms. The van der Waals surface area contributed by atoms with Gasteiger partial charge in [0, 0.05) is 25.7 Å². The maximum absolute atomic E-state index is 12.3. The summed E-state index contributed by atoms with van der Waals surface area (Å²) in [7, 11) is 1.66. The van der Waals surface area contributed by atoms with E-state index in [-0.39, 0.29) is 18.1 Å². The number of nitrogens with zero attached hydrogens (tertiary/aromatic N) is 2. The lowest BCUT2D eigenvalue weighted by molar-refractivity contribution is -0.122. The van der Waals surface area contributed by atoms with Gasteiger partial charge in [-0.15, -0.1) is 0 Å². The zero-order chi connectivity index (χ0) is 18.4. The molecule has 2 fully saturated rings. The summed E-state index contributed by atoms with van der Waals surface area (Å²) in [5.74, 6) is 0.875. The fraction of sp³-hybridized carbons (Fsp3) is 0.650. The maximum Gasteiger partial charge on any atom is 0.234 e. The molecule has 1 amide bonds. The lowest BCUT2D eigenvalue weighted by Gasteiger charge is -2.33. The number of hydrogen-bond acceptors (Lipinski definition) is 5. The van der Waals surface area contributed by atoms with Crippen molar-refractivity contribution >= 4 is 5.91 Å². The number of likely N-dealkylation sites (tertiary alicyclic amines) is 2. The van der Waals surface area contributed by atoms with Crippen molar-refractivity contribution < 1.29 is 14.6 Å². The average molecular weight is 361 g/mol. The summed E-state index contributed by atoms with van der Waals surface area (Å²) >= 11 is 0. The number of piperidine rings is 1. The standard InChI is InChI=1S/C20H31N3O3/c1-26-19-8-4-3-7-16(19)9-10-21-20(25)15-22-13-17(18(24)14-22)23-11-5-2-6-12-23/h3-4,7-8,17-18,24H,2,5-6,9-15H2,1H3,(H,21,25)/t17-,18-/m0/s1. The molecule has 2 heterocycles. The molecule has 0 unspecified atom stereocenters. The Labute approximate surface area is 156 Å². The smallest absolute Gasteiger partial charge is 0.234 e. The molecule has 2 atom stereocenters. The van der Waals surface area contributed by atoms with Crippen molar-refractivity contribution in [1.82, 2.24) is 15.1 Å². The minimum absolute atomic E-state index is 0.0198. The van der Waals surface area contributed by atoms with E-state index in [1.54, 1.807) is 7.11 Å². The van der Waals surface area contributed by atoms with Crippen LogP contribution < -0.4 is 10.1 Å². The average Bonchev–Trinajstić information content (AvgIpc) is 3.03. The van der Waals surface area contributed by atoms with Gasteiger partial charge in [0.15, 0.2) is 0 Å². The molecule has 6 nitrogen and oxygen atoms in total. The van der Waals surface area contributed by atoms with E-state index in [0.29, 0.717) is 19.6 Å². The van der Waals surface area contributed by atoms with E-state index in [9.17, 15) is 9.90 Å². The number of aliphatic hydroxyl groups excluding tert-OH is 1. The topological polar surface area (TPSA) is 65.0 Å². The van der Waals surface area contributed by atoms with Gasteiger partial charge in [-0.05, 0) is 44.0 Å². The predicted octanol–water partition coefficient (Wildman–Crippen LogP) is 0.885. The van der Waals surface area contributed by atoms with E-state index in [1.807, 2.05) is 24.3 Å². The Morgan fingerprint density at radius 3 is 2.77 bits per heavy atom. The van der Waals surface area contributed by atoms with Crippen LogP contribution in [0.2, 0.25) is 0 Å². The van der Waals surface area contributed by atoms with Crippen molar-refractivity contribution in [3.05, 3.63) is 29.8 Å². The summed E-state index contributed by atoms with van der Waals surface area (Å²) in [5, 5.41) is 13.4. The molecule has 26 heavy (non-hydrogen) atoms. The van der Waals surface area contributed by atoms with Crippen LogP contribution in [-0.2, 0) is 11.2 Å². The highest BCUT2D eigenvalue weighted by atomic mass is 16.5. The molecule has 6 heteroatoms. The lowest BCUT2D eigenvalue weighted by atomic mass is 10.1. The van der Waals surface area contributed by atoms with Gasteiger partial charge >= 0.3 is 0 Å². The number of rotatable bonds is 7. The normalized spacial score (nSPS) is 24.5. The third-order valence-electron chi connectivity index (χ3n) is 5.47. The molecule has 2 N–H and O–H groups in total. The second-order valence-electron chi connectivity index (χ2n) is 7.34. The van der Waals surface area contributed by atoms with E-state index in [2.05, 4.69) is 15.1 Å². The Kier molecular flexibility index (Phi) is 6.88. The minimum Gasteiger partial charge on any atom is -0.496 e. The molecule has 1 aromatic rings. The number of carbonyl (C=O) groups is 1. The Balaban J connectivity index is 1.41. The number of amides is 1. The number of ether oxygens (including phenoxy) is 1. The van der Waals surface area contributed by atoms with Crippen LogP contribution in [0.3, 0.4) is 0 Å². The Morgan fingerprint density at radius 2 is 2.00 bits per heavy atom. The van der Waals surface area contributed by atoms with Gasteiger partial charge in [0.05, 0.1) is 19.8 Å². The molecule has 144 valence electrons. The Hall–Kier alpha value is -1.63. The second kappa shape index (κ2) is 9.35. The van der Waals surface area contributed by atoms with Crippen LogP contribution in [0, 0.1) is 0 Å². The fourth-order valence-corrected chi connectivity index (χ4v) is 4.09. The van der Waals surface area contributed by atoms with Crippen LogP contribution >= 0.6 is 0 Å². The van der Waals surface area contributed by atoms with Gasteiger partial charge in [0.25, 0.3) is 0 Å². The molecule has 0 bridgehead atoms. The molecule has 1 aromatic carbocycles. The van der Waals surface area contributed by atoms with E-state index in [1.165, 1.54) is 19.3 Å². The van der Waals surface area contributed by atoms with E-state index >= 15 is 0 Å². The molecule has 2 aliphatic heterocycles. The molecule has 2 saturated heterocycles. The highest BCUT2D eigenvalue weighted by Gasteiger charge is 2.36. The summed E-state index contributed by atoms with van der Waals surface area (Å²) in [6, 6.07) is 8.05. The van der Waals surface area contributed by atoms with Gasteiger partial charge in [-0.25, -0.2) is 0 Å². The van der Waals surface area contributed by atoms with Crippen LogP contribution in [0.25, 0.3) is 0 Å². The van der Waals surface area contributed by atoms with Crippen molar-refractivity contribution in [3.63, 3.8) is 0 Å². The SMILES string of the molecule is COc1ccccc1CCNC(=O)CN1C[C@H](O)[C@@H](N2CCCCC2)C1. The first kappa shape index (κ1) is 19.1. The summed E-state index contributed by atoms with van der Waals surface area (Å²) in [4.78, 5) is 16.7. The third-order valence-corrected chi connectivity index (χ3v) is 5.47. The number of para-hydroxylation sites is 1. The summed E-state index contributed by atoms with van der Waals surface area (Å²) < 4.78 is 5.34. The van der Waals surface area contributed by atoms with Crippen molar-refractivity contribution in [2.75, 3.05) is 46.4 Å². The van der Waals surface area contributed by atoms with Crippen LogP contribution in [0.4, 0.5) is 0 Å². The molecule has 2 aliphatic rings. The van der Waals surface area contributed by atoms with Crippen LogP contribution in [0.1, 0.15) is 24.8 Å². The van der Waals surface area contributed by atoms with Crippen LogP contribution in [0.5, 0.6) is 5.75 Å². The van der Waals surface area contributed by atoms with Gasteiger partial charge < -0.3 is 15.2 Å². The van der Waals surface area contributed by atoms with Crippen molar-refractivity contribution in [1.29, 1.82) is 0 Å². The monoisotopic (exact) mass is 361 g/mol. The fourth-order valence-electron chi connectivity index (χ4n) is 4.09. The molecular weight excluding hydrogens is 330 g/mol. The molecule has 0 aromatic heterocycles. The van der Waals surface area contributed by atoms with Gasteiger partial charge in [-0.2, -0.15) is 0 Å². The number of nitrogens with one attached hydrogen (secondary N) is 1. The second-order valence-corrected chi connectivity index (χ2v) is 7.34. The summed E-state index contributed by atoms with van der Waals surface area (Å²) in [5.41, 5.74) is 1.09. The van der Waals surface area contributed by atoms with Gasteiger partial charge in [-0.1, -0.05) is 24.6 Å². The van der Waals surface area contributed by atoms with E-state index in [0.717, 1.165) is 37.4 Å². The molecular formula is C20H31N3O3. The first-order chi connectivity index (χ1) is 12.7. The third kappa shape index (κ3) is 4.96. The van der Waals surface area contributed by atoms with Crippen molar-refractivity contribution in [2.45, 2.75) is 37.8 Å². The Bertz CT molecular complexity index is 589. The minimum atomic E-state index is -0.352. The van der Waals surface area contributed by atoms with Crippen molar-refractivity contribution in [3.8, 4) is 5.75 Å². The summed E-state index contributed by atoms with van der Waals surface area (Å²) in [6.07, 6.45) is 4.11. The summed E-state index contributed by atoms with van der Waals surface area (Å²) in [6.45, 7) is 4.45. The lowest BCUT2D eigenvalue weighted by Crippen LogP contribution is -2.46. The first-order valence-electron chi connectivity index (χ1n) is 9.70. The molecule has 0 radical (unpaired) electrons. The van der Waals surface area contributed by atoms with Crippen LogP contribution in [0.15, 0.2) is 24.3 Å². The number of methoxy groups -OCH3 is 1. The van der Waals surface area contributed by atoms with Crippen LogP contribution in [-0.4, -0.2) is 79.3 Å². The maximum atomic E-state index is 12.3. The van der Waals surface area contributed by atoms with Gasteiger partial charge in [0.2, 0.25) is 5.91 Å². The van der Waals surface area contributed by atoms with Gasteiger partial charge in [-0.3, -0.25) is 14.6 Å². The largest absolute Gasteiger partial charge is 0.496 e. The zero-order valence-corrected chi connectivity index (χ0v) is 15.7.